The molecule has 44 heavy (non-hydrogen) atoms. The molecule has 2 aliphatic rings. The summed E-state index contributed by atoms with van der Waals surface area (Å²) in [6.07, 6.45) is 8.94. The van der Waals surface area contributed by atoms with Crippen molar-refractivity contribution in [2.45, 2.75) is 18.4 Å². The molecular weight excluding hydrogens is 553 g/mol. The fraction of sp³-hybridized carbons (Fsp3) is 0.0732. The normalized spacial score (nSPS) is 18.8. The highest BCUT2D eigenvalue weighted by molar-refractivity contribution is 7.21. The lowest BCUT2D eigenvalue weighted by Crippen LogP contribution is -2.36. The Hall–Kier alpha value is -5.12. The monoisotopic (exact) mass is 580 g/mol. The van der Waals surface area contributed by atoms with E-state index in [0.29, 0.717) is 0 Å². The molecule has 6 aromatic carbocycles. The van der Waals surface area contributed by atoms with Crippen LogP contribution in [0.15, 0.2) is 151 Å². The lowest BCUT2D eigenvalue weighted by atomic mass is 9.70. The maximum atomic E-state index is 5.59. The Balaban J connectivity index is 1.21. The van der Waals surface area contributed by atoms with Crippen LogP contribution >= 0.6 is 11.3 Å². The second kappa shape index (κ2) is 9.70. The smallest absolute Gasteiger partial charge is 0.124 e. The molecule has 0 fully saturated rings. The van der Waals surface area contributed by atoms with Crippen LogP contribution in [0.1, 0.15) is 29.5 Å². The van der Waals surface area contributed by atoms with Gasteiger partial charge in [-0.2, -0.15) is 0 Å². The van der Waals surface area contributed by atoms with Crippen LogP contribution < -0.4 is 0 Å². The zero-order chi connectivity index (χ0) is 29.3. The Kier molecular flexibility index (Phi) is 5.60. The van der Waals surface area contributed by atoms with E-state index in [9.17, 15) is 0 Å². The van der Waals surface area contributed by atoms with E-state index in [2.05, 4.69) is 146 Å². The molecule has 0 saturated carbocycles. The van der Waals surface area contributed by atoms with Crippen molar-refractivity contribution >= 4 is 48.8 Å². The molecule has 2 atom stereocenters. The number of aromatic nitrogens is 1. The van der Waals surface area contributed by atoms with E-state index in [0.717, 1.165) is 27.4 Å². The molecule has 2 nitrogen and oxygen atoms in total. The fourth-order valence-electron chi connectivity index (χ4n) is 7.12. The highest BCUT2D eigenvalue weighted by Crippen LogP contribution is 2.48. The van der Waals surface area contributed by atoms with Crippen LogP contribution in [0.5, 0.6) is 0 Å². The summed E-state index contributed by atoms with van der Waals surface area (Å²) < 4.78 is 1.22. The molecule has 1 aliphatic heterocycles. The maximum absolute atomic E-state index is 5.59. The standard InChI is InChI=1S/C41H28N2S/c1-41-24-9-8-17-34(41)37-32-15-4-2-13-30(32)31-14-3-5-16-33(31)38(37)39(43-41)29-12-10-11-28(25-29)26-20-22-27(23-21-26)40-42-35-18-6-7-19-36(35)44-40/h2-25,34H,1H3. The number of fused-ring (bicyclic) bond motifs is 9. The fourth-order valence-corrected chi connectivity index (χ4v) is 8.09. The first-order chi connectivity index (χ1) is 21.7. The van der Waals surface area contributed by atoms with E-state index in [-0.39, 0.29) is 11.5 Å². The third-order valence-corrected chi connectivity index (χ3v) is 10.3. The SMILES string of the molecule is CC12C=CC=CC1c1c(c3ccccc3c3ccccc13)C(c1cccc(-c3ccc(-c4nc5ccccc5s4)cc3)c1)=N2. The summed E-state index contributed by atoms with van der Waals surface area (Å²) >= 11 is 1.74. The molecule has 0 bridgehead atoms. The van der Waals surface area contributed by atoms with E-state index in [1.165, 1.54) is 48.5 Å². The zero-order valence-electron chi connectivity index (χ0n) is 24.2. The molecule has 0 amide bonds. The maximum Gasteiger partial charge on any atom is 0.124 e. The molecule has 9 rings (SSSR count). The van der Waals surface area contributed by atoms with Gasteiger partial charge in [0.15, 0.2) is 0 Å². The van der Waals surface area contributed by atoms with Crippen molar-refractivity contribution in [3.8, 4) is 21.7 Å². The first-order valence-electron chi connectivity index (χ1n) is 15.1. The summed E-state index contributed by atoms with van der Waals surface area (Å²) in [4.78, 5) is 10.4. The van der Waals surface area contributed by atoms with E-state index in [1.54, 1.807) is 11.3 Å². The number of hydrogen-bond donors (Lipinski definition) is 0. The van der Waals surface area contributed by atoms with Gasteiger partial charge in [-0.15, -0.1) is 11.3 Å². The molecule has 3 heteroatoms. The third kappa shape index (κ3) is 3.86. The lowest BCUT2D eigenvalue weighted by Gasteiger charge is -2.39. The summed E-state index contributed by atoms with van der Waals surface area (Å²) in [6, 6.07) is 43.7. The first-order valence-corrected chi connectivity index (χ1v) is 15.9. The van der Waals surface area contributed by atoms with Gasteiger partial charge in [-0.3, -0.25) is 4.99 Å². The predicted molar refractivity (Wildman–Crippen MR) is 187 cm³/mol. The average molecular weight is 581 g/mol. The van der Waals surface area contributed by atoms with Gasteiger partial charge in [-0.05, 0) is 63.4 Å². The van der Waals surface area contributed by atoms with Gasteiger partial charge in [0.05, 0.1) is 21.5 Å². The Bertz CT molecular complexity index is 2320. The van der Waals surface area contributed by atoms with Crippen LogP contribution in [-0.4, -0.2) is 16.2 Å². The summed E-state index contributed by atoms with van der Waals surface area (Å²) in [6.45, 7) is 2.27. The van der Waals surface area contributed by atoms with Crippen molar-refractivity contribution in [1.82, 2.24) is 4.98 Å². The van der Waals surface area contributed by atoms with E-state index in [4.69, 9.17) is 9.98 Å². The first kappa shape index (κ1) is 25.4. The molecule has 0 saturated heterocycles. The molecule has 208 valence electrons. The Morgan fingerprint density at radius 3 is 2.11 bits per heavy atom. The van der Waals surface area contributed by atoms with Gasteiger partial charge >= 0.3 is 0 Å². The number of rotatable bonds is 3. The zero-order valence-corrected chi connectivity index (χ0v) is 25.1. The van der Waals surface area contributed by atoms with Gasteiger partial charge in [-0.1, -0.05) is 127 Å². The number of aliphatic imine (C=N–C) groups is 1. The van der Waals surface area contributed by atoms with Crippen molar-refractivity contribution in [2.24, 2.45) is 4.99 Å². The van der Waals surface area contributed by atoms with E-state index in [1.807, 2.05) is 6.07 Å². The number of benzene rings is 6. The van der Waals surface area contributed by atoms with Gasteiger partial charge in [-0.25, -0.2) is 4.98 Å². The van der Waals surface area contributed by atoms with Gasteiger partial charge in [0.1, 0.15) is 5.01 Å². The molecule has 2 unspecified atom stereocenters. The minimum absolute atomic E-state index is 0.166. The quantitative estimate of drug-likeness (QED) is 0.191. The molecule has 0 N–H and O–H groups in total. The van der Waals surface area contributed by atoms with Crippen LogP contribution in [0.2, 0.25) is 0 Å². The van der Waals surface area contributed by atoms with Crippen LogP contribution in [0, 0.1) is 0 Å². The lowest BCUT2D eigenvalue weighted by molar-refractivity contribution is 0.518. The number of thiazole rings is 1. The summed E-state index contributed by atoms with van der Waals surface area (Å²) in [7, 11) is 0. The van der Waals surface area contributed by atoms with Crippen molar-refractivity contribution in [1.29, 1.82) is 0 Å². The summed E-state index contributed by atoms with van der Waals surface area (Å²) in [5.74, 6) is 0.166. The number of hydrogen-bond acceptors (Lipinski definition) is 3. The highest BCUT2D eigenvalue weighted by Gasteiger charge is 2.40. The Morgan fingerprint density at radius 2 is 1.30 bits per heavy atom. The minimum atomic E-state index is -0.364. The molecule has 0 spiro atoms. The van der Waals surface area contributed by atoms with E-state index < -0.39 is 0 Å². The van der Waals surface area contributed by atoms with Crippen molar-refractivity contribution < 1.29 is 0 Å². The van der Waals surface area contributed by atoms with Crippen molar-refractivity contribution in [3.05, 3.63) is 162 Å². The van der Waals surface area contributed by atoms with Crippen LogP contribution in [0.4, 0.5) is 0 Å². The second-order valence-electron chi connectivity index (χ2n) is 11.9. The summed E-state index contributed by atoms with van der Waals surface area (Å²) in [5.41, 5.74) is 9.03. The Labute approximate surface area is 260 Å². The molecule has 1 aromatic heterocycles. The second-order valence-corrected chi connectivity index (χ2v) is 13.0. The molecule has 1 aliphatic carbocycles. The van der Waals surface area contributed by atoms with E-state index >= 15 is 0 Å². The predicted octanol–water partition coefficient (Wildman–Crippen LogP) is 10.8. The Morgan fingerprint density at radius 1 is 0.614 bits per heavy atom. The van der Waals surface area contributed by atoms with Gasteiger partial charge < -0.3 is 0 Å². The molecule has 7 aromatic rings. The van der Waals surface area contributed by atoms with Crippen LogP contribution in [0.25, 0.3) is 53.5 Å². The van der Waals surface area contributed by atoms with Crippen molar-refractivity contribution in [3.63, 3.8) is 0 Å². The molecular formula is C41H28N2S. The van der Waals surface area contributed by atoms with Crippen LogP contribution in [0.3, 0.4) is 0 Å². The van der Waals surface area contributed by atoms with Crippen molar-refractivity contribution in [2.75, 3.05) is 0 Å². The van der Waals surface area contributed by atoms with Crippen LogP contribution in [-0.2, 0) is 0 Å². The molecule has 0 radical (unpaired) electrons. The average Bonchev–Trinajstić information content (AvgIpc) is 3.52. The topological polar surface area (TPSA) is 25.2 Å². The molecule has 2 heterocycles. The summed E-state index contributed by atoms with van der Waals surface area (Å²) in [5, 5.41) is 6.20. The highest BCUT2D eigenvalue weighted by atomic mass is 32.1. The third-order valence-electron chi connectivity index (χ3n) is 9.25. The van der Waals surface area contributed by atoms with Gasteiger partial charge in [0.25, 0.3) is 0 Å². The number of allylic oxidation sites excluding steroid dienone is 2. The number of para-hydroxylation sites is 1. The largest absolute Gasteiger partial charge is 0.273 e. The van der Waals surface area contributed by atoms with Gasteiger partial charge in [0.2, 0.25) is 0 Å². The van der Waals surface area contributed by atoms with Gasteiger partial charge in [0, 0.05) is 22.6 Å². The minimum Gasteiger partial charge on any atom is -0.273 e. The number of nitrogens with zero attached hydrogens (tertiary/aromatic N) is 2.